The van der Waals surface area contributed by atoms with E-state index >= 15 is 0 Å². The predicted octanol–water partition coefficient (Wildman–Crippen LogP) is -1.19. The number of carboxylic acid groups (broad SMARTS) is 1. The van der Waals surface area contributed by atoms with Gasteiger partial charge < -0.3 is 15.7 Å². The highest BCUT2D eigenvalue weighted by Gasteiger charge is 2.04. The van der Waals surface area contributed by atoms with Gasteiger partial charge in [0.05, 0.1) is 12.2 Å². The van der Waals surface area contributed by atoms with Gasteiger partial charge in [-0.05, 0) is 12.2 Å². The summed E-state index contributed by atoms with van der Waals surface area (Å²) in [5, 5.41) is 13.5. The van der Waals surface area contributed by atoms with Crippen LogP contribution in [0.2, 0.25) is 0 Å². The van der Waals surface area contributed by atoms with E-state index in [4.69, 9.17) is 21.9 Å². The molecule has 88 valence electrons. The van der Waals surface area contributed by atoms with E-state index in [1.165, 1.54) is 0 Å². The van der Waals surface area contributed by atoms with Gasteiger partial charge in [0.15, 0.2) is 5.11 Å². The van der Waals surface area contributed by atoms with Gasteiger partial charge in [-0.3, -0.25) is 9.35 Å². The number of nitrogens with one attached hydrogen (secondary N) is 2. The van der Waals surface area contributed by atoms with Crippen LogP contribution in [0.15, 0.2) is 0 Å². The molecule has 0 radical (unpaired) electrons. The molecule has 0 aliphatic heterocycles. The van der Waals surface area contributed by atoms with Crippen molar-refractivity contribution in [3.63, 3.8) is 0 Å². The maximum Gasteiger partial charge on any atom is 0.305 e. The number of rotatable bonds is 6. The fourth-order valence-corrected chi connectivity index (χ4v) is 1.20. The molecule has 0 bridgehead atoms. The van der Waals surface area contributed by atoms with E-state index < -0.39 is 21.8 Å². The van der Waals surface area contributed by atoms with Gasteiger partial charge in [0.2, 0.25) is 0 Å². The van der Waals surface area contributed by atoms with Crippen molar-refractivity contribution in [2.45, 2.75) is 6.42 Å². The highest BCUT2D eigenvalue weighted by molar-refractivity contribution is 7.85. The first kappa shape index (κ1) is 14.1. The molecule has 9 heteroatoms. The van der Waals surface area contributed by atoms with Crippen LogP contribution in [-0.4, -0.2) is 48.0 Å². The van der Waals surface area contributed by atoms with Crippen LogP contribution in [0.4, 0.5) is 0 Å². The van der Waals surface area contributed by atoms with Crippen LogP contribution in [0.5, 0.6) is 0 Å². The van der Waals surface area contributed by atoms with E-state index in [-0.39, 0.29) is 24.6 Å². The Morgan fingerprint density at radius 3 is 2.27 bits per heavy atom. The lowest BCUT2D eigenvalue weighted by atomic mass is 10.4. The smallest absolute Gasteiger partial charge is 0.305 e. The first-order valence-corrected chi connectivity index (χ1v) is 6.01. The van der Waals surface area contributed by atoms with Gasteiger partial charge >= 0.3 is 5.97 Å². The average Bonchev–Trinajstić information content (AvgIpc) is 2.00. The first-order valence-electron chi connectivity index (χ1n) is 4.00. The minimum absolute atomic E-state index is 0.0300. The Morgan fingerprint density at radius 1 is 1.27 bits per heavy atom. The van der Waals surface area contributed by atoms with Crippen LogP contribution in [0.25, 0.3) is 0 Å². The largest absolute Gasteiger partial charge is 0.481 e. The maximum atomic E-state index is 10.3. The van der Waals surface area contributed by atoms with Gasteiger partial charge in [0.1, 0.15) is 0 Å². The van der Waals surface area contributed by atoms with E-state index in [1.54, 1.807) is 0 Å². The quantitative estimate of drug-likeness (QED) is 0.346. The molecule has 0 aromatic carbocycles. The van der Waals surface area contributed by atoms with Crippen molar-refractivity contribution < 1.29 is 22.9 Å². The molecule has 7 nitrogen and oxygen atoms in total. The van der Waals surface area contributed by atoms with E-state index in [1.807, 2.05) is 0 Å². The minimum atomic E-state index is -4.00. The summed E-state index contributed by atoms with van der Waals surface area (Å²) in [5.74, 6) is -1.41. The van der Waals surface area contributed by atoms with E-state index in [0.717, 1.165) is 0 Å². The van der Waals surface area contributed by atoms with Gasteiger partial charge in [0, 0.05) is 13.1 Å². The first-order chi connectivity index (χ1) is 6.81. The highest BCUT2D eigenvalue weighted by atomic mass is 32.2. The highest BCUT2D eigenvalue weighted by Crippen LogP contribution is 1.80. The lowest BCUT2D eigenvalue weighted by molar-refractivity contribution is -0.136. The molecule has 0 unspecified atom stereocenters. The number of thiocarbonyl (C=S) groups is 1. The van der Waals surface area contributed by atoms with Crippen molar-refractivity contribution in [3.8, 4) is 0 Å². The zero-order chi connectivity index (χ0) is 11.9. The summed E-state index contributed by atoms with van der Waals surface area (Å²) < 4.78 is 29.0. The molecule has 0 aromatic rings. The molecule has 4 N–H and O–H groups in total. The van der Waals surface area contributed by atoms with Gasteiger partial charge in [-0.1, -0.05) is 0 Å². The Labute approximate surface area is 92.6 Å². The summed E-state index contributed by atoms with van der Waals surface area (Å²) in [6.45, 7) is 0.130. The second-order valence-corrected chi connectivity index (χ2v) is 4.59. The number of carboxylic acids is 1. The van der Waals surface area contributed by atoms with Gasteiger partial charge in [-0.2, -0.15) is 8.42 Å². The minimum Gasteiger partial charge on any atom is -0.481 e. The van der Waals surface area contributed by atoms with Crippen molar-refractivity contribution >= 4 is 33.4 Å². The molecule has 0 amide bonds. The normalized spacial score (nSPS) is 10.7. The van der Waals surface area contributed by atoms with Crippen molar-refractivity contribution in [1.29, 1.82) is 0 Å². The zero-order valence-corrected chi connectivity index (χ0v) is 9.40. The molecule has 15 heavy (non-hydrogen) atoms. The Bertz CT molecular complexity index is 326. The Morgan fingerprint density at radius 2 is 1.80 bits per heavy atom. The van der Waals surface area contributed by atoms with Crippen molar-refractivity contribution in [1.82, 2.24) is 10.6 Å². The number of aliphatic carboxylic acids is 1. The number of hydrogen-bond acceptors (Lipinski definition) is 4. The van der Waals surface area contributed by atoms with Crippen molar-refractivity contribution in [2.24, 2.45) is 0 Å². The van der Waals surface area contributed by atoms with Crippen molar-refractivity contribution in [3.05, 3.63) is 0 Å². The molecular formula is C6H12N2O5S2. The van der Waals surface area contributed by atoms with Crippen molar-refractivity contribution in [2.75, 3.05) is 18.8 Å². The lowest BCUT2D eigenvalue weighted by Crippen LogP contribution is -2.38. The van der Waals surface area contributed by atoms with Crippen LogP contribution in [0, 0.1) is 0 Å². The lowest BCUT2D eigenvalue weighted by Gasteiger charge is -2.08. The maximum absolute atomic E-state index is 10.3. The molecule has 0 aliphatic carbocycles. The van der Waals surface area contributed by atoms with Gasteiger partial charge in [-0.15, -0.1) is 0 Å². The third-order valence-electron chi connectivity index (χ3n) is 1.27. The predicted molar refractivity (Wildman–Crippen MR) is 57.3 cm³/mol. The molecule has 0 atom stereocenters. The topological polar surface area (TPSA) is 116 Å². The fourth-order valence-electron chi connectivity index (χ4n) is 0.639. The zero-order valence-electron chi connectivity index (χ0n) is 7.76. The second-order valence-electron chi connectivity index (χ2n) is 2.61. The third-order valence-corrected chi connectivity index (χ3v) is 2.28. The molecule has 0 spiro atoms. The summed E-state index contributed by atoms with van der Waals surface area (Å²) >= 11 is 4.70. The SMILES string of the molecule is O=C(O)CCNC(=S)NCCS(=O)(=O)O. The monoisotopic (exact) mass is 256 g/mol. The summed E-state index contributed by atoms with van der Waals surface area (Å²) in [5.41, 5.74) is 0. The van der Waals surface area contributed by atoms with Crippen LogP contribution in [-0.2, 0) is 14.9 Å². The van der Waals surface area contributed by atoms with Gasteiger partial charge in [-0.25, -0.2) is 0 Å². The summed E-state index contributed by atoms with van der Waals surface area (Å²) in [6.07, 6.45) is -0.0832. The Kier molecular flexibility index (Phi) is 6.13. The van der Waals surface area contributed by atoms with E-state index in [2.05, 4.69) is 10.6 Å². The molecule has 0 saturated heterocycles. The Hall–Kier alpha value is -0.930. The molecule has 0 heterocycles. The average molecular weight is 256 g/mol. The third kappa shape index (κ3) is 11.0. The summed E-state index contributed by atoms with van der Waals surface area (Å²) in [7, 11) is -4.00. The van der Waals surface area contributed by atoms with E-state index in [0.29, 0.717) is 0 Å². The summed E-state index contributed by atoms with van der Waals surface area (Å²) in [4.78, 5) is 10.1. The van der Waals surface area contributed by atoms with Crippen LogP contribution < -0.4 is 10.6 Å². The second kappa shape index (κ2) is 6.53. The molecule has 0 saturated carbocycles. The van der Waals surface area contributed by atoms with Crippen LogP contribution in [0.1, 0.15) is 6.42 Å². The summed E-state index contributed by atoms with van der Waals surface area (Å²) in [6, 6.07) is 0. The van der Waals surface area contributed by atoms with Crippen LogP contribution in [0.3, 0.4) is 0 Å². The fraction of sp³-hybridized carbons (Fsp3) is 0.667. The number of hydrogen-bond donors (Lipinski definition) is 4. The molecule has 0 fully saturated rings. The number of carbonyl (C=O) groups is 1. The van der Waals surface area contributed by atoms with Crippen LogP contribution >= 0.6 is 12.2 Å². The standard InChI is InChI=1S/C6H12N2O5S2/c9-5(10)1-2-7-6(14)8-3-4-15(11,12)13/h1-4H2,(H,9,10)(H2,7,8,14)(H,11,12,13). The molecular weight excluding hydrogens is 244 g/mol. The molecule has 0 rings (SSSR count). The molecule has 0 aromatic heterocycles. The van der Waals surface area contributed by atoms with E-state index in [9.17, 15) is 13.2 Å². The Balaban J connectivity index is 3.54. The van der Waals surface area contributed by atoms with Gasteiger partial charge in [0.25, 0.3) is 10.1 Å². The molecule has 0 aliphatic rings.